The molecule has 4 nitrogen and oxygen atoms in total. The summed E-state index contributed by atoms with van der Waals surface area (Å²) in [7, 11) is 0. The van der Waals surface area contributed by atoms with Gasteiger partial charge in [0.1, 0.15) is 0 Å². The van der Waals surface area contributed by atoms with Crippen molar-refractivity contribution in [1.82, 2.24) is 4.98 Å². The van der Waals surface area contributed by atoms with E-state index >= 15 is 0 Å². The van der Waals surface area contributed by atoms with Gasteiger partial charge in [0.05, 0.1) is 11.6 Å². The number of hydrogen-bond donors (Lipinski definition) is 3. The van der Waals surface area contributed by atoms with Gasteiger partial charge in [-0.1, -0.05) is 38.5 Å². The van der Waals surface area contributed by atoms with E-state index in [1.807, 2.05) is 6.07 Å². The van der Waals surface area contributed by atoms with E-state index in [4.69, 9.17) is 11.1 Å². The molecule has 0 saturated heterocycles. The fourth-order valence-electron chi connectivity index (χ4n) is 3.11. The number of amides is 1. The van der Waals surface area contributed by atoms with Gasteiger partial charge < -0.3 is 16.1 Å². The molecule has 0 radical (unpaired) electrons. The van der Waals surface area contributed by atoms with Crippen LogP contribution in [0.2, 0.25) is 0 Å². The molecule has 0 saturated carbocycles. The standard InChI is InChI=1S/C16H25N3O/c17-11-13-10-12-8-6-4-2-1-3-5-7-9-14(16(18)20)15(12)19-13/h10-11,14,17,19H,1-9H2,(H2,18,20). The van der Waals surface area contributed by atoms with E-state index in [1.165, 1.54) is 43.9 Å². The fourth-order valence-corrected chi connectivity index (χ4v) is 3.11. The van der Waals surface area contributed by atoms with Crippen molar-refractivity contribution in [3.8, 4) is 0 Å². The van der Waals surface area contributed by atoms with Crippen molar-refractivity contribution >= 4 is 12.1 Å². The number of aromatic amines is 1. The number of fused-ring (bicyclic) bond motifs is 1. The molecule has 20 heavy (non-hydrogen) atoms. The number of nitrogens with one attached hydrogen (secondary N) is 2. The zero-order chi connectivity index (χ0) is 14.4. The second-order valence-corrected chi connectivity index (χ2v) is 5.78. The number of hydrogen-bond acceptors (Lipinski definition) is 2. The molecule has 1 aromatic heterocycles. The van der Waals surface area contributed by atoms with Crippen LogP contribution < -0.4 is 5.73 Å². The Morgan fingerprint density at radius 1 is 1.20 bits per heavy atom. The Balaban J connectivity index is 2.26. The molecule has 0 aliphatic heterocycles. The quantitative estimate of drug-likeness (QED) is 0.711. The fraction of sp³-hybridized carbons (Fsp3) is 0.625. The highest BCUT2D eigenvalue weighted by Gasteiger charge is 2.22. The predicted molar refractivity (Wildman–Crippen MR) is 81.3 cm³/mol. The maximum absolute atomic E-state index is 11.8. The number of carbonyl (C=O) groups excluding carboxylic acids is 1. The van der Waals surface area contributed by atoms with E-state index < -0.39 is 0 Å². The summed E-state index contributed by atoms with van der Waals surface area (Å²) in [6.07, 6.45) is 11.6. The number of aromatic nitrogens is 1. The Labute approximate surface area is 120 Å². The van der Waals surface area contributed by atoms with Crippen LogP contribution in [0.25, 0.3) is 0 Å². The van der Waals surface area contributed by atoms with Gasteiger partial charge in [0.2, 0.25) is 5.91 Å². The molecule has 1 aromatic rings. The van der Waals surface area contributed by atoms with Gasteiger partial charge in [0.25, 0.3) is 0 Å². The summed E-state index contributed by atoms with van der Waals surface area (Å²) in [6, 6.07) is 2.00. The van der Waals surface area contributed by atoms with Crippen LogP contribution in [-0.2, 0) is 11.2 Å². The molecule has 1 heterocycles. The first kappa shape index (κ1) is 14.8. The molecule has 0 spiro atoms. The molecule has 1 unspecified atom stereocenters. The minimum absolute atomic E-state index is 0.224. The van der Waals surface area contributed by atoms with Gasteiger partial charge in [-0.15, -0.1) is 0 Å². The van der Waals surface area contributed by atoms with Crippen LogP contribution in [-0.4, -0.2) is 17.1 Å². The molecular weight excluding hydrogens is 250 g/mol. The maximum atomic E-state index is 11.8. The van der Waals surface area contributed by atoms with E-state index in [0.717, 1.165) is 37.1 Å². The average Bonchev–Trinajstić information content (AvgIpc) is 2.81. The van der Waals surface area contributed by atoms with Crippen molar-refractivity contribution in [2.45, 2.75) is 63.7 Å². The number of nitrogens with two attached hydrogens (primary N) is 1. The Morgan fingerprint density at radius 3 is 2.50 bits per heavy atom. The highest BCUT2D eigenvalue weighted by atomic mass is 16.1. The van der Waals surface area contributed by atoms with Crippen molar-refractivity contribution in [2.75, 3.05) is 0 Å². The lowest BCUT2D eigenvalue weighted by atomic mass is 9.91. The first-order valence-electron chi connectivity index (χ1n) is 7.74. The van der Waals surface area contributed by atoms with E-state index in [2.05, 4.69) is 4.98 Å². The van der Waals surface area contributed by atoms with Gasteiger partial charge in [-0.05, 0) is 30.9 Å². The van der Waals surface area contributed by atoms with Gasteiger partial charge in [0.15, 0.2) is 0 Å². The summed E-state index contributed by atoms with van der Waals surface area (Å²) >= 11 is 0. The van der Waals surface area contributed by atoms with E-state index in [9.17, 15) is 4.79 Å². The van der Waals surface area contributed by atoms with E-state index in [-0.39, 0.29) is 11.8 Å². The molecule has 1 aliphatic rings. The maximum Gasteiger partial charge on any atom is 0.226 e. The summed E-state index contributed by atoms with van der Waals surface area (Å²) in [5.41, 5.74) is 8.50. The molecular formula is C16H25N3O. The van der Waals surface area contributed by atoms with Crippen LogP contribution in [0.3, 0.4) is 0 Å². The van der Waals surface area contributed by atoms with Gasteiger partial charge in [-0.3, -0.25) is 4.79 Å². The first-order chi connectivity index (χ1) is 9.72. The third-order valence-corrected chi connectivity index (χ3v) is 4.24. The number of rotatable bonds is 2. The molecule has 0 bridgehead atoms. The minimum atomic E-state index is -0.248. The van der Waals surface area contributed by atoms with Crippen molar-refractivity contribution < 1.29 is 4.79 Å². The molecule has 1 aliphatic carbocycles. The molecule has 1 amide bonds. The third kappa shape index (κ3) is 3.71. The van der Waals surface area contributed by atoms with Crippen LogP contribution >= 0.6 is 0 Å². The Kier molecular flexibility index (Phi) is 5.39. The third-order valence-electron chi connectivity index (χ3n) is 4.24. The smallest absolute Gasteiger partial charge is 0.226 e. The highest BCUT2D eigenvalue weighted by Crippen LogP contribution is 2.28. The van der Waals surface area contributed by atoms with Gasteiger partial charge in [-0.25, -0.2) is 0 Å². The summed E-state index contributed by atoms with van der Waals surface area (Å²) in [4.78, 5) is 15.0. The lowest BCUT2D eigenvalue weighted by molar-refractivity contribution is -0.119. The Morgan fingerprint density at radius 2 is 1.85 bits per heavy atom. The number of aryl methyl sites for hydroxylation is 1. The number of carbonyl (C=O) groups is 1. The van der Waals surface area contributed by atoms with Crippen molar-refractivity contribution in [3.05, 3.63) is 23.0 Å². The molecule has 0 fully saturated rings. The van der Waals surface area contributed by atoms with Gasteiger partial charge >= 0.3 is 0 Å². The molecule has 4 heteroatoms. The molecule has 4 N–H and O–H groups in total. The minimum Gasteiger partial charge on any atom is -0.369 e. The predicted octanol–water partition coefficient (Wildman–Crippen LogP) is 3.26. The first-order valence-corrected chi connectivity index (χ1v) is 7.74. The lowest BCUT2D eigenvalue weighted by Gasteiger charge is -2.15. The average molecular weight is 275 g/mol. The van der Waals surface area contributed by atoms with Crippen LogP contribution in [0.4, 0.5) is 0 Å². The number of primary amides is 1. The summed E-state index contributed by atoms with van der Waals surface area (Å²) in [5, 5.41) is 7.39. The summed E-state index contributed by atoms with van der Waals surface area (Å²) in [5.74, 6) is -0.472. The largest absolute Gasteiger partial charge is 0.369 e. The van der Waals surface area contributed by atoms with Crippen LogP contribution in [0.1, 0.15) is 74.2 Å². The topological polar surface area (TPSA) is 82.7 Å². The number of H-pyrrole nitrogens is 1. The van der Waals surface area contributed by atoms with E-state index in [0.29, 0.717) is 0 Å². The second-order valence-electron chi connectivity index (χ2n) is 5.78. The van der Waals surface area contributed by atoms with Crippen LogP contribution in [0, 0.1) is 5.41 Å². The molecule has 110 valence electrons. The molecule has 0 aromatic carbocycles. The summed E-state index contributed by atoms with van der Waals surface area (Å²) < 4.78 is 0. The van der Waals surface area contributed by atoms with Gasteiger partial charge in [0, 0.05) is 11.9 Å². The lowest BCUT2D eigenvalue weighted by Crippen LogP contribution is -2.23. The van der Waals surface area contributed by atoms with Crippen molar-refractivity contribution in [2.24, 2.45) is 5.73 Å². The van der Waals surface area contributed by atoms with Gasteiger partial charge in [-0.2, -0.15) is 0 Å². The molecule has 1 atom stereocenters. The zero-order valence-electron chi connectivity index (χ0n) is 12.1. The second kappa shape index (κ2) is 7.27. The van der Waals surface area contributed by atoms with Crippen molar-refractivity contribution in [1.29, 1.82) is 5.41 Å². The monoisotopic (exact) mass is 275 g/mol. The van der Waals surface area contributed by atoms with Crippen LogP contribution in [0.15, 0.2) is 6.07 Å². The SMILES string of the molecule is N=Cc1cc2c([nH]1)C(C(N)=O)CCCCCCCCC2. The Hall–Kier alpha value is -1.58. The summed E-state index contributed by atoms with van der Waals surface area (Å²) in [6.45, 7) is 0. The van der Waals surface area contributed by atoms with E-state index in [1.54, 1.807) is 0 Å². The molecule has 2 rings (SSSR count). The van der Waals surface area contributed by atoms with Crippen molar-refractivity contribution in [3.63, 3.8) is 0 Å². The zero-order valence-corrected chi connectivity index (χ0v) is 12.1. The van der Waals surface area contributed by atoms with Crippen LogP contribution in [0.5, 0.6) is 0 Å². The Bertz CT molecular complexity index is 464. The normalized spacial score (nSPS) is 21.3. The highest BCUT2D eigenvalue weighted by molar-refractivity contribution is 5.83.